The van der Waals surface area contributed by atoms with Gasteiger partial charge in [-0.3, -0.25) is 9.59 Å². The summed E-state index contributed by atoms with van der Waals surface area (Å²) >= 11 is 0. The minimum Gasteiger partial charge on any atom is -0.459 e. The Morgan fingerprint density at radius 2 is 1.50 bits per heavy atom. The number of nitrogens with one attached hydrogen (secondary N) is 2. The molecule has 32 heavy (non-hydrogen) atoms. The van der Waals surface area contributed by atoms with E-state index < -0.39 is 12.1 Å². The van der Waals surface area contributed by atoms with E-state index >= 15 is 0 Å². The van der Waals surface area contributed by atoms with Gasteiger partial charge in [0.25, 0.3) is 0 Å². The van der Waals surface area contributed by atoms with Crippen molar-refractivity contribution in [2.75, 3.05) is 0 Å². The Balaban J connectivity index is 1.48. The molecule has 0 bridgehead atoms. The Hall–Kier alpha value is -4.12. The first-order chi connectivity index (χ1) is 15.6. The van der Waals surface area contributed by atoms with Gasteiger partial charge in [0.05, 0.1) is 0 Å². The van der Waals surface area contributed by atoms with Crippen LogP contribution in [0.1, 0.15) is 29.9 Å². The lowest BCUT2D eigenvalue weighted by Gasteiger charge is -2.20. The van der Waals surface area contributed by atoms with Crippen LogP contribution in [0.3, 0.4) is 0 Å². The lowest BCUT2D eigenvalue weighted by Crippen LogP contribution is -2.45. The van der Waals surface area contributed by atoms with Gasteiger partial charge in [0.15, 0.2) is 0 Å². The largest absolute Gasteiger partial charge is 0.459 e. The highest BCUT2D eigenvalue weighted by molar-refractivity contribution is 5.95. The van der Waals surface area contributed by atoms with Crippen LogP contribution in [0.4, 0.5) is 0 Å². The average molecular weight is 425 g/mol. The Morgan fingerprint density at radius 1 is 0.844 bits per heavy atom. The number of benzene rings is 3. The van der Waals surface area contributed by atoms with Gasteiger partial charge in [-0.1, -0.05) is 78.9 Å². The number of furan rings is 1. The van der Waals surface area contributed by atoms with Crippen molar-refractivity contribution < 1.29 is 14.0 Å². The summed E-state index contributed by atoms with van der Waals surface area (Å²) in [6, 6.07) is 27.6. The molecule has 0 radical (unpaired) electrons. The maximum absolute atomic E-state index is 12.9. The molecule has 2 atom stereocenters. The zero-order chi connectivity index (χ0) is 22.3. The minimum absolute atomic E-state index is 0.305. The van der Waals surface area contributed by atoms with Crippen LogP contribution in [0.5, 0.6) is 0 Å². The van der Waals surface area contributed by atoms with E-state index in [0.29, 0.717) is 5.76 Å². The van der Waals surface area contributed by atoms with Crippen molar-refractivity contribution in [3.63, 3.8) is 0 Å². The molecule has 0 saturated heterocycles. The Morgan fingerprint density at radius 3 is 2.22 bits per heavy atom. The molecule has 0 spiro atoms. The molecule has 0 aliphatic carbocycles. The van der Waals surface area contributed by atoms with Crippen molar-refractivity contribution in [3.05, 3.63) is 114 Å². The number of carbonyl (C=O) groups excluding carboxylic acids is 2. The monoisotopic (exact) mass is 424 g/mol. The van der Waals surface area contributed by atoms with Gasteiger partial charge >= 0.3 is 0 Å². The van der Waals surface area contributed by atoms with E-state index in [1.165, 1.54) is 6.08 Å². The van der Waals surface area contributed by atoms with Gasteiger partial charge in [-0.25, -0.2) is 0 Å². The van der Waals surface area contributed by atoms with Crippen LogP contribution in [0.2, 0.25) is 0 Å². The minimum atomic E-state index is -0.724. The second-order valence-electron chi connectivity index (χ2n) is 7.51. The van der Waals surface area contributed by atoms with Crippen molar-refractivity contribution >= 4 is 28.9 Å². The van der Waals surface area contributed by atoms with E-state index in [-0.39, 0.29) is 11.8 Å². The van der Waals surface area contributed by atoms with Crippen LogP contribution in [0, 0.1) is 0 Å². The number of hydrogen-bond acceptors (Lipinski definition) is 3. The van der Waals surface area contributed by atoms with Crippen molar-refractivity contribution in [2.24, 2.45) is 0 Å². The van der Waals surface area contributed by atoms with Crippen LogP contribution in [-0.2, 0) is 9.59 Å². The highest BCUT2D eigenvalue weighted by Crippen LogP contribution is 2.28. The highest BCUT2D eigenvalue weighted by Gasteiger charge is 2.24. The van der Waals surface area contributed by atoms with Crippen molar-refractivity contribution in [1.82, 2.24) is 10.6 Å². The zero-order valence-corrected chi connectivity index (χ0v) is 17.7. The number of amides is 2. The molecular weight excluding hydrogens is 400 g/mol. The van der Waals surface area contributed by atoms with Crippen LogP contribution in [0.15, 0.2) is 101 Å². The lowest BCUT2D eigenvalue weighted by atomic mass is 10.0. The number of hydrogen-bond donors (Lipinski definition) is 2. The second-order valence-corrected chi connectivity index (χ2v) is 7.51. The Bertz CT molecular complexity index is 1200. The molecule has 3 aromatic carbocycles. The number of carbonyl (C=O) groups is 2. The molecule has 1 heterocycles. The molecule has 2 amide bonds. The van der Waals surface area contributed by atoms with E-state index in [1.54, 1.807) is 13.0 Å². The third-order valence-corrected chi connectivity index (χ3v) is 5.13. The standard InChI is InChI=1S/C27H24N2O3/c1-19(28-25(30)17-16-20-10-4-2-5-11-20)27(31)29-26(21-12-6-3-7-13-21)24-18-22-14-8-9-15-23(22)32-24/h2-19,26H,1H3,(H,28,30)(H,29,31)/b17-16+. The number of rotatable bonds is 7. The van der Waals surface area contributed by atoms with Crippen LogP contribution in [0.25, 0.3) is 17.0 Å². The molecule has 0 aliphatic heterocycles. The SMILES string of the molecule is CC(NC(=O)/C=C/c1ccccc1)C(=O)NC(c1ccccc1)c1cc2ccccc2o1. The van der Waals surface area contributed by atoms with Crippen molar-refractivity contribution in [2.45, 2.75) is 19.0 Å². The molecule has 4 rings (SSSR count). The van der Waals surface area contributed by atoms with Gasteiger partial charge in [0.1, 0.15) is 23.4 Å². The quantitative estimate of drug-likeness (QED) is 0.416. The summed E-state index contributed by atoms with van der Waals surface area (Å²) in [5.41, 5.74) is 2.56. The fraction of sp³-hybridized carbons (Fsp3) is 0.111. The van der Waals surface area contributed by atoms with Gasteiger partial charge in [-0.05, 0) is 36.3 Å². The summed E-state index contributed by atoms with van der Waals surface area (Å²) < 4.78 is 6.02. The number of para-hydroxylation sites is 1. The van der Waals surface area contributed by atoms with E-state index in [2.05, 4.69) is 10.6 Å². The first-order valence-corrected chi connectivity index (χ1v) is 10.5. The molecule has 4 aromatic rings. The third-order valence-electron chi connectivity index (χ3n) is 5.13. The van der Waals surface area contributed by atoms with E-state index in [4.69, 9.17) is 4.42 Å². The van der Waals surface area contributed by atoms with Gasteiger partial charge in [0, 0.05) is 11.5 Å². The first kappa shape index (κ1) is 21.1. The van der Waals surface area contributed by atoms with Crippen LogP contribution < -0.4 is 10.6 Å². The summed E-state index contributed by atoms with van der Waals surface area (Å²) in [5, 5.41) is 6.70. The molecule has 2 unspecified atom stereocenters. The Kier molecular flexibility index (Phi) is 6.46. The van der Waals surface area contributed by atoms with Crippen molar-refractivity contribution in [3.8, 4) is 0 Å². The average Bonchev–Trinajstić information content (AvgIpc) is 3.26. The van der Waals surface area contributed by atoms with E-state index in [1.807, 2.05) is 91.0 Å². The van der Waals surface area contributed by atoms with Gasteiger partial charge in [-0.15, -0.1) is 0 Å². The summed E-state index contributed by atoms with van der Waals surface area (Å²) in [6.07, 6.45) is 3.13. The molecule has 2 N–H and O–H groups in total. The molecule has 5 heteroatoms. The topological polar surface area (TPSA) is 71.3 Å². The van der Waals surface area contributed by atoms with Crippen molar-refractivity contribution in [1.29, 1.82) is 0 Å². The fourth-order valence-corrected chi connectivity index (χ4v) is 3.44. The molecular formula is C27H24N2O3. The maximum Gasteiger partial charge on any atom is 0.244 e. The molecule has 160 valence electrons. The number of fused-ring (bicyclic) bond motifs is 1. The summed E-state index contributed by atoms with van der Waals surface area (Å²) in [4.78, 5) is 25.2. The fourth-order valence-electron chi connectivity index (χ4n) is 3.44. The molecule has 0 aliphatic rings. The predicted molar refractivity (Wildman–Crippen MR) is 126 cm³/mol. The lowest BCUT2D eigenvalue weighted by molar-refractivity contribution is -0.127. The Labute approximate surface area is 186 Å². The van der Waals surface area contributed by atoms with E-state index in [0.717, 1.165) is 22.1 Å². The second kappa shape index (κ2) is 9.79. The molecule has 0 fully saturated rings. The predicted octanol–water partition coefficient (Wildman–Crippen LogP) is 4.86. The maximum atomic E-state index is 12.9. The van der Waals surface area contributed by atoms with Gasteiger partial charge in [0.2, 0.25) is 11.8 Å². The molecule has 0 saturated carbocycles. The molecule has 5 nitrogen and oxygen atoms in total. The summed E-state index contributed by atoms with van der Waals surface area (Å²) in [5.74, 6) is -0.00878. The smallest absolute Gasteiger partial charge is 0.244 e. The van der Waals surface area contributed by atoms with Gasteiger partial charge < -0.3 is 15.1 Å². The normalized spacial score (nSPS) is 13.0. The summed E-state index contributed by atoms with van der Waals surface area (Å²) in [6.45, 7) is 1.66. The van der Waals surface area contributed by atoms with Crippen LogP contribution in [-0.4, -0.2) is 17.9 Å². The summed E-state index contributed by atoms with van der Waals surface area (Å²) in [7, 11) is 0. The first-order valence-electron chi connectivity index (χ1n) is 10.5. The zero-order valence-electron chi connectivity index (χ0n) is 17.7. The molecule has 1 aromatic heterocycles. The third kappa shape index (κ3) is 5.13. The highest BCUT2D eigenvalue weighted by atomic mass is 16.3. The van der Waals surface area contributed by atoms with Crippen LogP contribution >= 0.6 is 0 Å². The van der Waals surface area contributed by atoms with Gasteiger partial charge in [-0.2, -0.15) is 0 Å². The van der Waals surface area contributed by atoms with E-state index in [9.17, 15) is 9.59 Å².